The lowest BCUT2D eigenvalue weighted by molar-refractivity contribution is -0.384. The van der Waals surface area contributed by atoms with Crippen LogP contribution in [0.3, 0.4) is 0 Å². The Bertz CT molecular complexity index is 392. The van der Waals surface area contributed by atoms with E-state index in [9.17, 15) is 23.3 Å². The molecule has 0 saturated heterocycles. The maximum Gasteiger partial charge on any atom is 0.418 e. The zero-order valence-corrected chi connectivity index (χ0v) is 7.50. The Morgan fingerprint density at radius 1 is 1.53 bits per heavy atom. The minimum absolute atomic E-state index is 0.201. The van der Waals surface area contributed by atoms with E-state index in [0.29, 0.717) is 12.3 Å². The number of pyridine rings is 1. The molecular weight excluding hydrogens is 215 g/mol. The van der Waals surface area contributed by atoms with Crippen LogP contribution in [0, 0.1) is 10.1 Å². The van der Waals surface area contributed by atoms with Crippen LogP contribution < -0.4 is 5.32 Å². The largest absolute Gasteiger partial charge is 0.418 e. The van der Waals surface area contributed by atoms with Crippen LogP contribution in [-0.2, 0) is 6.18 Å². The van der Waals surface area contributed by atoms with E-state index in [4.69, 9.17) is 0 Å². The van der Waals surface area contributed by atoms with Crippen molar-refractivity contribution in [2.24, 2.45) is 0 Å². The molecule has 82 valence electrons. The highest BCUT2D eigenvalue weighted by atomic mass is 19.4. The number of nitrogens with one attached hydrogen (secondary N) is 1. The fourth-order valence-electron chi connectivity index (χ4n) is 0.940. The number of halogens is 3. The van der Waals surface area contributed by atoms with Crippen LogP contribution in [0.25, 0.3) is 0 Å². The molecule has 0 aliphatic heterocycles. The van der Waals surface area contributed by atoms with Crippen molar-refractivity contribution in [3.63, 3.8) is 0 Å². The van der Waals surface area contributed by atoms with Gasteiger partial charge in [-0.15, -0.1) is 0 Å². The van der Waals surface area contributed by atoms with Gasteiger partial charge >= 0.3 is 11.9 Å². The molecule has 5 nitrogen and oxygen atoms in total. The fraction of sp³-hybridized carbons (Fsp3) is 0.286. The molecule has 1 aromatic heterocycles. The van der Waals surface area contributed by atoms with Crippen molar-refractivity contribution in [2.45, 2.75) is 6.18 Å². The van der Waals surface area contributed by atoms with E-state index in [1.807, 2.05) is 0 Å². The molecule has 0 aliphatic rings. The standard InChI is InChI=1S/C7H6F3N3O2/c1-11-6-5(13(14)15)2-4(3-12-6)7(8,9)10/h2-3H,1H3,(H,11,12). The second-order valence-corrected chi connectivity index (χ2v) is 2.60. The quantitative estimate of drug-likeness (QED) is 0.613. The van der Waals surface area contributed by atoms with Gasteiger partial charge in [-0.3, -0.25) is 10.1 Å². The van der Waals surface area contributed by atoms with Gasteiger partial charge in [-0.1, -0.05) is 0 Å². The summed E-state index contributed by atoms with van der Waals surface area (Å²) in [5, 5.41) is 12.8. The van der Waals surface area contributed by atoms with Crippen molar-refractivity contribution in [3.05, 3.63) is 27.9 Å². The Morgan fingerprint density at radius 3 is 2.53 bits per heavy atom. The van der Waals surface area contributed by atoms with Crippen molar-refractivity contribution >= 4 is 11.5 Å². The second-order valence-electron chi connectivity index (χ2n) is 2.60. The van der Waals surface area contributed by atoms with Crippen molar-refractivity contribution in [3.8, 4) is 0 Å². The molecule has 1 N–H and O–H groups in total. The van der Waals surface area contributed by atoms with Crippen LogP contribution in [-0.4, -0.2) is 17.0 Å². The Morgan fingerprint density at radius 2 is 2.13 bits per heavy atom. The smallest absolute Gasteiger partial charge is 0.367 e. The first kappa shape index (κ1) is 11.2. The van der Waals surface area contributed by atoms with Gasteiger partial charge in [0.25, 0.3) is 0 Å². The van der Waals surface area contributed by atoms with Crippen LogP contribution in [0.4, 0.5) is 24.7 Å². The SMILES string of the molecule is CNc1ncc(C(F)(F)F)cc1[N+](=O)[O-]. The molecule has 0 spiro atoms. The first-order valence-electron chi connectivity index (χ1n) is 3.75. The van der Waals surface area contributed by atoms with Crippen LogP contribution in [0.5, 0.6) is 0 Å². The molecule has 1 rings (SSSR count). The lowest BCUT2D eigenvalue weighted by Crippen LogP contribution is -2.08. The van der Waals surface area contributed by atoms with E-state index in [2.05, 4.69) is 10.3 Å². The highest BCUT2D eigenvalue weighted by Crippen LogP contribution is 2.33. The summed E-state index contributed by atoms with van der Waals surface area (Å²) >= 11 is 0. The second kappa shape index (κ2) is 3.71. The Labute approximate surface area is 82.1 Å². The topological polar surface area (TPSA) is 68.1 Å². The Kier molecular flexibility index (Phi) is 2.78. The summed E-state index contributed by atoms with van der Waals surface area (Å²) in [6.45, 7) is 0. The number of rotatable bonds is 2. The number of nitro groups is 1. The maximum atomic E-state index is 12.2. The van der Waals surface area contributed by atoms with Gasteiger partial charge in [0.05, 0.1) is 10.5 Å². The van der Waals surface area contributed by atoms with Crippen molar-refractivity contribution < 1.29 is 18.1 Å². The van der Waals surface area contributed by atoms with Gasteiger partial charge in [-0.05, 0) is 0 Å². The third kappa shape index (κ3) is 2.33. The van der Waals surface area contributed by atoms with Gasteiger partial charge in [0.1, 0.15) is 0 Å². The van der Waals surface area contributed by atoms with E-state index < -0.39 is 22.4 Å². The number of alkyl halides is 3. The molecule has 0 fully saturated rings. The van der Waals surface area contributed by atoms with Crippen molar-refractivity contribution in [1.82, 2.24) is 4.98 Å². The average Bonchev–Trinajstić information content (AvgIpc) is 2.15. The lowest BCUT2D eigenvalue weighted by atomic mass is 10.2. The van der Waals surface area contributed by atoms with Gasteiger partial charge < -0.3 is 5.32 Å². The molecule has 1 heterocycles. The number of aromatic nitrogens is 1. The maximum absolute atomic E-state index is 12.2. The van der Waals surface area contributed by atoms with Crippen molar-refractivity contribution in [2.75, 3.05) is 12.4 Å². The molecular formula is C7H6F3N3O2. The molecule has 15 heavy (non-hydrogen) atoms. The molecule has 8 heteroatoms. The third-order valence-electron chi connectivity index (χ3n) is 1.63. The van der Waals surface area contributed by atoms with Crippen LogP contribution in [0.2, 0.25) is 0 Å². The summed E-state index contributed by atoms with van der Waals surface area (Å²) in [6, 6.07) is 0.443. The minimum Gasteiger partial charge on any atom is -0.367 e. The zero-order valence-electron chi connectivity index (χ0n) is 7.50. The first-order chi connectivity index (χ1) is 6.86. The summed E-state index contributed by atoms with van der Waals surface area (Å²) in [7, 11) is 1.34. The van der Waals surface area contributed by atoms with Gasteiger partial charge in [0, 0.05) is 19.3 Å². The van der Waals surface area contributed by atoms with E-state index in [1.165, 1.54) is 7.05 Å². The number of anilines is 1. The Balaban J connectivity index is 3.28. The number of nitrogens with zero attached hydrogens (tertiary/aromatic N) is 2. The van der Waals surface area contributed by atoms with E-state index in [0.717, 1.165) is 0 Å². The van der Waals surface area contributed by atoms with E-state index in [1.54, 1.807) is 0 Å². The summed E-state index contributed by atoms with van der Waals surface area (Å²) < 4.78 is 36.6. The molecule has 0 aliphatic carbocycles. The highest BCUT2D eigenvalue weighted by molar-refractivity contribution is 5.56. The molecule has 0 aromatic carbocycles. The average molecular weight is 221 g/mol. The monoisotopic (exact) mass is 221 g/mol. The summed E-state index contributed by atoms with van der Waals surface area (Å²) in [5.74, 6) is -0.201. The number of hydrogen-bond acceptors (Lipinski definition) is 4. The fourth-order valence-corrected chi connectivity index (χ4v) is 0.940. The molecule has 0 bridgehead atoms. The first-order valence-corrected chi connectivity index (χ1v) is 3.75. The predicted molar refractivity (Wildman–Crippen MR) is 45.4 cm³/mol. The van der Waals surface area contributed by atoms with Crippen LogP contribution in [0.15, 0.2) is 12.3 Å². The summed E-state index contributed by atoms with van der Waals surface area (Å²) in [6.07, 6.45) is -4.09. The van der Waals surface area contributed by atoms with Gasteiger partial charge in [-0.25, -0.2) is 4.98 Å². The number of hydrogen-bond donors (Lipinski definition) is 1. The molecule has 0 radical (unpaired) electrons. The molecule has 0 atom stereocenters. The van der Waals surface area contributed by atoms with E-state index in [-0.39, 0.29) is 5.82 Å². The van der Waals surface area contributed by atoms with Crippen LogP contribution >= 0.6 is 0 Å². The summed E-state index contributed by atoms with van der Waals surface area (Å²) in [5.41, 5.74) is -1.85. The minimum atomic E-state index is -4.63. The molecule has 0 amide bonds. The van der Waals surface area contributed by atoms with Crippen molar-refractivity contribution in [1.29, 1.82) is 0 Å². The molecule has 1 aromatic rings. The highest BCUT2D eigenvalue weighted by Gasteiger charge is 2.33. The zero-order chi connectivity index (χ0) is 11.6. The van der Waals surface area contributed by atoms with Gasteiger partial charge in [-0.2, -0.15) is 13.2 Å². The third-order valence-corrected chi connectivity index (χ3v) is 1.63. The molecule has 0 saturated carbocycles. The Hall–Kier alpha value is -1.86. The lowest BCUT2D eigenvalue weighted by Gasteiger charge is -2.07. The predicted octanol–water partition coefficient (Wildman–Crippen LogP) is 2.05. The molecule has 0 unspecified atom stereocenters. The van der Waals surface area contributed by atoms with Gasteiger partial charge in [0.2, 0.25) is 5.82 Å². The summed E-state index contributed by atoms with van der Waals surface area (Å²) in [4.78, 5) is 12.8. The van der Waals surface area contributed by atoms with E-state index >= 15 is 0 Å². The normalized spacial score (nSPS) is 11.2. The van der Waals surface area contributed by atoms with Gasteiger partial charge in [0.15, 0.2) is 0 Å². The van der Waals surface area contributed by atoms with Crippen LogP contribution in [0.1, 0.15) is 5.56 Å².